The Hall–Kier alpha value is -2.49. The molecule has 0 fully saturated rings. The summed E-state index contributed by atoms with van der Waals surface area (Å²) in [7, 11) is 0. The van der Waals surface area contributed by atoms with Gasteiger partial charge in [0.2, 0.25) is 5.91 Å². The molecule has 1 atom stereocenters. The van der Waals surface area contributed by atoms with Crippen LogP contribution in [0.4, 0.5) is 10.1 Å². The highest BCUT2D eigenvalue weighted by Crippen LogP contribution is 2.27. The summed E-state index contributed by atoms with van der Waals surface area (Å²) in [5.41, 5.74) is 2.00. The number of nitrogens with one attached hydrogen (secondary N) is 1. The smallest absolute Gasteiger partial charge is 0.235 e. The highest BCUT2D eigenvalue weighted by Gasteiger charge is 2.35. The number of halogens is 1. The summed E-state index contributed by atoms with van der Waals surface area (Å²) in [6.07, 6.45) is 0.419. The van der Waals surface area contributed by atoms with Crippen molar-refractivity contribution in [2.24, 2.45) is 5.92 Å². The SMILES string of the molecule is O=C(Nc1ccc(F)cc1)C1Cc2ccccc2C1=O. The Bertz CT molecular complexity index is 679. The molecule has 1 amide bonds. The third-order valence-corrected chi connectivity index (χ3v) is 3.45. The normalized spacial score (nSPS) is 16.9. The van der Waals surface area contributed by atoms with Gasteiger partial charge in [-0.15, -0.1) is 0 Å². The van der Waals surface area contributed by atoms with E-state index >= 15 is 0 Å². The van der Waals surface area contributed by atoms with Gasteiger partial charge in [0.25, 0.3) is 0 Å². The highest BCUT2D eigenvalue weighted by molar-refractivity contribution is 6.16. The lowest BCUT2D eigenvalue weighted by Gasteiger charge is -2.09. The molecule has 0 saturated heterocycles. The Kier molecular flexibility index (Phi) is 3.06. The lowest BCUT2D eigenvalue weighted by atomic mass is 10.0. The largest absolute Gasteiger partial charge is 0.325 e. The van der Waals surface area contributed by atoms with Gasteiger partial charge in [-0.05, 0) is 36.2 Å². The fourth-order valence-electron chi connectivity index (χ4n) is 2.41. The standard InChI is InChI=1S/C16H12FNO2/c17-11-5-7-12(8-6-11)18-16(20)14-9-10-3-1-2-4-13(10)15(14)19/h1-8,14H,9H2,(H,18,20). The number of fused-ring (bicyclic) bond motifs is 1. The summed E-state index contributed by atoms with van der Waals surface area (Å²) in [5, 5.41) is 2.65. The van der Waals surface area contributed by atoms with Gasteiger partial charge in [-0.1, -0.05) is 24.3 Å². The summed E-state index contributed by atoms with van der Waals surface area (Å²) < 4.78 is 12.8. The molecule has 2 aromatic carbocycles. The predicted molar refractivity (Wildman–Crippen MR) is 73.0 cm³/mol. The van der Waals surface area contributed by atoms with E-state index in [-0.39, 0.29) is 17.5 Å². The van der Waals surface area contributed by atoms with Crippen molar-refractivity contribution in [3.8, 4) is 0 Å². The van der Waals surface area contributed by atoms with E-state index in [1.54, 1.807) is 12.1 Å². The Balaban J connectivity index is 1.77. The maximum Gasteiger partial charge on any atom is 0.235 e. The number of anilines is 1. The zero-order chi connectivity index (χ0) is 14.1. The summed E-state index contributed by atoms with van der Waals surface area (Å²) in [4.78, 5) is 24.3. The van der Waals surface area contributed by atoms with E-state index in [1.807, 2.05) is 12.1 Å². The van der Waals surface area contributed by atoms with Crippen LogP contribution in [0.15, 0.2) is 48.5 Å². The Morgan fingerprint density at radius 1 is 1.10 bits per heavy atom. The molecule has 0 aliphatic heterocycles. The van der Waals surface area contributed by atoms with E-state index in [9.17, 15) is 14.0 Å². The van der Waals surface area contributed by atoms with Gasteiger partial charge in [0.05, 0.1) is 0 Å². The minimum atomic E-state index is -0.697. The fourth-order valence-corrected chi connectivity index (χ4v) is 2.41. The lowest BCUT2D eigenvalue weighted by molar-refractivity contribution is -0.118. The number of rotatable bonds is 2. The summed E-state index contributed by atoms with van der Waals surface area (Å²) in [6.45, 7) is 0. The molecule has 100 valence electrons. The van der Waals surface area contributed by atoms with Gasteiger partial charge in [0, 0.05) is 11.3 Å². The second-order valence-corrected chi connectivity index (χ2v) is 4.77. The summed E-state index contributed by atoms with van der Waals surface area (Å²) in [5.74, 6) is -1.57. The zero-order valence-electron chi connectivity index (χ0n) is 10.6. The Morgan fingerprint density at radius 2 is 1.80 bits per heavy atom. The molecule has 2 aromatic rings. The van der Waals surface area contributed by atoms with E-state index in [1.165, 1.54) is 24.3 Å². The molecule has 3 nitrogen and oxygen atoms in total. The van der Waals surface area contributed by atoms with Crippen molar-refractivity contribution in [1.29, 1.82) is 0 Å². The van der Waals surface area contributed by atoms with Crippen LogP contribution in [0.25, 0.3) is 0 Å². The van der Waals surface area contributed by atoms with Gasteiger partial charge < -0.3 is 5.32 Å². The number of hydrogen-bond donors (Lipinski definition) is 1. The number of carbonyl (C=O) groups is 2. The van der Waals surface area contributed by atoms with Gasteiger partial charge in [0.1, 0.15) is 11.7 Å². The number of hydrogen-bond acceptors (Lipinski definition) is 2. The van der Waals surface area contributed by atoms with E-state index in [4.69, 9.17) is 0 Å². The summed E-state index contributed by atoms with van der Waals surface area (Å²) in [6, 6.07) is 12.7. The number of amides is 1. The first-order valence-corrected chi connectivity index (χ1v) is 6.34. The van der Waals surface area contributed by atoms with Crippen molar-refractivity contribution in [2.45, 2.75) is 6.42 Å². The van der Waals surface area contributed by atoms with Crippen molar-refractivity contribution < 1.29 is 14.0 Å². The molecular formula is C16H12FNO2. The molecule has 20 heavy (non-hydrogen) atoms. The number of ketones is 1. The van der Waals surface area contributed by atoms with Crippen LogP contribution >= 0.6 is 0 Å². The van der Waals surface area contributed by atoms with Crippen molar-refractivity contribution in [3.05, 3.63) is 65.5 Å². The molecule has 0 heterocycles. The van der Waals surface area contributed by atoms with Crippen molar-refractivity contribution in [1.82, 2.24) is 0 Å². The second-order valence-electron chi connectivity index (χ2n) is 4.77. The Labute approximate surface area is 115 Å². The number of Topliss-reactive ketones (excluding diaryl/α,β-unsaturated/α-hetero) is 1. The van der Waals surface area contributed by atoms with E-state index < -0.39 is 5.92 Å². The minimum absolute atomic E-state index is 0.153. The van der Waals surface area contributed by atoms with Crippen LogP contribution in [0.2, 0.25) is 0 Å². The van der Waals surface area contributed by atoms with Crippen molar-refractivity contribution >= 4 is 17.4 Å². The van der Waals surface area contributed by atoms with Gasteiger partial charge in [-0.2, -0.15) is 0 Å². The summed E-state index contributed by atoms with van der Waals surface area (Å²) >= 11 is 0. The second kappa shape index (κ2) is 4.89. The number of benzene rings is 2. The van der Waals surface area contributed by atoms with Crippen molar-refractivity contribution in [2.75, 3.05) is 5.32 Å². The average molecular weight is 269 g/mol. The third-order valence-electron chi connectivity index (χ3n) is 3.45. The quantitative estimate of drug-likeness (QED) is 0.852. The van der Waals surface area contributed by atoms with Crippen LogP contribution in [-0.4, -0.2) is 11.7 Å². The third kappa shape index (κ3) is 2.20. The van der Waals surface area contributed by atoms with Crippen LogP contribution in [0.3, 0.4) is 0 Å². The first kappa shape index (κ1) is 12.5. The van der Waals surface area contributed by atoms with E-state index in [2.05, 4.69) is 5.32 Å². The zero-order valence-corrected chi connectivity index (χ0v) is 10.6. The molecule has 1 aliphatic rings. The molecule has 1 N–H and O–H groups in total. The minimum Gasteiger partial charge on any atom is -0.325 e. The molecule has 1 unspecified atom stereocenters. The molecule has 1 aliphatic carbocycles. The fraction of sp³-hybridized carbons (Fsp3) is 0.125. The topological polar surface area (TPSA) is 46.2 Å². The molecule has 0 aromatic heterocycles. The van der Waals surface area contributed by atoms with Gasteiger partial charge in [0.15, 0.2) is 5.78 Å². The molecule has 0 radical (unpaired) electrons. The van der Waals surface area contributed by atoms with Gasteiger partial charge >= 0.3 is 0 Å². The molecular weight excluding hydrogens is 257 g/mol. The molecule has 4 heteroatoms. The van der Waals surface area contributed by atoms with Crippen LogP contribution in [0.5, 0.6) is 0 Å². The first-order valence-electron chi connectivity index (χ1n) is 6.34. The maximum atomic E-state index is 12.8. The maximum absolute atomic E-state index is 12.8. The molecule has 3 rings (SSSR count). The van der Waals surface area contributed by atoms with E-state index in [0.717, 1.165) is 5.56 Å². The monoisotopic (exact) mass is 269 g/mol. The average Bonchev–Trinajstić information content (AvgIpc) is 2.79. The first-order chi connectivity index (χ1) is 9.65. The molecule has 0 spiro atoms. The van der Waals surface area contributed by atoms with Crippen molar-refractivity contribution in [3.63, 3.8) is 0 Å². The molecule has 0 bridgehead atoms. The van der Waals surface area contributed by atoms with Crippen LogP contribution in [-0.2, 0) is 11.2 Å². The predicted octanol–water partition coefficient (Wildman–Crippen LogP) is 2.82. The molecule has 0 saturated carbocycles. The van der Waals surface area contributed by atoms with Gasteiger partial charge in [-0.25, -0.2) is 4.39 Å². The van der Waals surface area contributed by atoms with E-state index in [0.29, 0.717) is 17.7 Å². The Morgan fingerprint density at radius 3 is 2.50 bits per heavy atom. The van der Waals surface area contributed by atoms with Crippen LogP contribution in [0.1, 0.15) is 15.9 Å². The lowest BCUT2D eigenvalue weighted by Crippen LogP contribution is -2.27. The van der Waals surface area contributed by atoms with Crippen LogP contribution in [0, 0.1) is 11.7 Å². The number of carbonyl (C=O) groups excluding carboxylic acids is 2. The van der Waals surface area contributed by atoms with Crippen LogP contribution < -0.4 is 5.32 Å². The highest BCUT2D eigenvalue weighted by atomic mass is 19.1. The van der Waals surface area contributed by atoms with Gasteiger partial charge in [-0.3, -0.25) is 9.59 Å².